The summed E-state index contributed by atoms with van der Waals surface area (Å²) in [5.74, 6) is 1.45. The Balaban J connectivity index is 1.82. The Labute approximate surface area is 137 Å². The summed E-state index contributed by atoms with van der Waals surface area (Å²) in [5, 5.41) is 0. The number of likely N-dealkylation sites (tertiary alicyclic amines) is 1. The number of nitrogens with zero attached hydrogens (tertiary/aromatic N) is 2. The Morgan fingerprint density at radius 3 is 2.55 bits per heavy atom. The summed E-state index contributed by atoms with van der Waals surface area (Å²) in [6, 6.07) is 4.48. The van der Waals surface area contributed by atoms with Crippen LogP contribution in [0.25, 0.3) is 0 Å². The molecule has 0 radical (unpaired) electrons. The van der Waals surface area contributed by atoms with Crippen molar-refractivity contribution >= 4 is 0 Å². The SMILES string of the molecule is CC(C)c1ccc(CCC2CCCN(C(C)(C)C)CC2)nc1. The molecule has 1 unspecified atom stereocenters. The van der Waals surface area contributed by atoms with Crippen LogP contribution in [0.4, 0.5) is 0 Å². The number of hydrogen-bond acceptors (Lipinski definition) is 2. The van der Waals surface area contributed by atoms with E-state index in [0.29, 0.717) is 11.5 Å². The highest BCUT2D eigenvalue weighted by Crippen LogP contribution is 2.26. The van der Waals surface area contributed by atoms with E-state index in [-0.39, 0.29) is 0 Å². The van der Waals surface area contributed by atoms with E-state index in [1.165, 1.54) is 50.0 Å². The lowest BCUT2D eigenvalue weighted by Crippen LogP contribution is -2.41. The summed E-state index contributed by atoms with van der Waals surface area (Å²) in [4.78, 5) is 7.31. The second-order valence-electron chi connectivity index (χ2n) is 8.23. The molecule has 1 saturated heterocycles. The first-order valence-electron chi connectivity index (χ1n) is 9.06. The minimum atomic E-state index is 0.323. The lowest BCUT2D eigenvalue weighted by molar-refractivity contribution is 0.140. The molecule has 0 spiro atoms. The van der Waals surface area contributed by atoms with E-state index in [1.807, 2.05) is 0 Å². The summed E-state index contributed by atoms with van der Waals surface area (Å²) in [7, 11) is 0. The van der Waals surface area contributed by atoms with Gasteiger partial charge >= 0.3 is 0 Å². The maximum absolute atomic E-state index is 4.65. The standard InChI is InChI=1S/C20H34N2/c1-16(2)18-9-11-19(21-15-18)10-8-17-7-6-13-22(14-12-17)20(3,4)5/h9,11,15-17H,6-8,10,12-14H2,1-5H3. The molecule has 22 heavy (non-hydrogen) atoms. The molecule has 0 aromatic carbocycles. The molecule has 0 aliphatic carbocycles. The lowest BCUT2D eigenvalue weighted by atomic mass is 9.94. The normalized spacial score (nSPS) is 21.1. The molecule has 0 N–H and O–H groups in total. The first-order chi connectivity index (χ1) is 10.4. The maximum Gasteiger partial charge on any atom is 0.0403 e. The summed E-state index contributed by atoms with van der Waals surface area (Å²) in [6.45, 7) is 14.0. The van der Waals surface area contributed by atoms with Crippen LogP contribution in [0.3, 0.4) is 0 Å². The van der Waals surface area contributed by atoms with Crippen LogP contribution in [0.15, 0.2) is 18.3 Å². The van der Waals surface area contributed by atoms with Crippen molar-refractivity contribution in [2.75, 3.05) is 13.1 Å². The molecule has 0 bridgehead atoms. The minimum absolute atomic E-state index is 0.323. The van der Waals surface area contributed by atoms with Gasteiger partial charge in [-0.3, -0.25) is 9.88 Å². The first kappa shape index (κ1) is 17.5. The fourth-order valence-corrected chi connectivity index (χ4v) is 3.40. The van der Waals surface area contributed by atoms with Crippen LogP contribution >= 0.6 is 0 Å². The van der Waals surface area contributed by atoms with Gasteiger partial charge in [0.05, 0.1) is 0 Å². The Morgan fingerprint density at radius 2 is 1.95 bits per heavy atom. The third-order valence-corrected chi connectivity index (χ3v) is 5.12. The molecule has 2 rings (SSSR count). The molecule has 1 aromatic rings. The van der Waals surface area contributed by atoms with Crippen LogP contribution in [0.5, 0.6) is 0 Å². The summed E-state index contributed by atoms with van der Waals surface area (Å²) in [5.41, 5.74) is 2.93. The molecule has 2 nitrogen and oxygen atoms in total. The zero-order valence-corrected chi connectivity index (χ0v) is 15.2. The monoisotopic (exact) mass is 302 g/mol. The predicted octanol–water partition coefficient (Wildman–Crippen LogP) is 5.04. The van der Waals surface area contributed by atoms with Gasteiger partial charge in [0.25, 0.3) is 0 Å². The molecule has 2 heteroatoms. The molecule has 1 aliphatic heterocycles. The van der Waals surface area contributed by atoms with Crippen molar-refractivity contribution in [1.82, 2.24) is 9.88 Å². The average Bonchev–Trinajstić information content (AvgIpc) is 2.70. The number of aryl methyl sites for hydroxylation is 1. The Bertz CT molecular complexity index is 442. The number of pyridine rings is 1. The molecular weight excluding hydrogens is 268 g/mol. The third kappa shape index (κ3) is 5.08. The van der Waals surface area contributed by atoms with Gasteiger partial charge in [0.15, 0.2) is 0 Å². The topological polar surface area (TPSA) is 16.1 Å². The lowest BCUT2D eigenvalue weighted by Gasteiger charge is -2.34. The second-order valence-corrected chi connectivity index (χ2v) is 8.23. The molecule has 0 amide bonds. The minimum Gasteiger partial charge on any atom is -0.298 e. The van der Waals surface area contributed by atoms with Gasteiger partial charge in [-0.15, -0.1) is 0 Å². The second kappa shape index (κ2) is 7.59. The van der Waals surface area contributed by atoms with Gasteiger partial charge in [0, 0.05) is 17.4 Å². The van der Waals surface area contributed by atoms with Crippen molar-refractivity contribution in [3.05, 3.63) is 29.6 Å². The van der Waals surface area contributed by atoms with E-state index in [9.17, 15) is 0 Å². The van der Waals surface area contributed by atoms with Gasteiger partial charge in [0.1, 0.15) is 0 Å². The number of hydrogen-bond donors (Lipinski definition) is 0. The van der Waals surface area contributed by atoms with Crippen LogP contribution in [0, 0.1) is 5.92 Å². The molecule has 124 valence electrons. The summed E-state index contributed by atoms with van der Waals surface area (Å²) < 4.78 is 0. The molecule has 1 atom stereocenters. The van der Waals surface area contributed by atoms with Crippen LogP contribution < -0.4 is 0 Å². The van der Waals surface area contributed by atoms with E-state index < -0.39 is 0 Å². The van der Waals surface area contributed by atoms with E-state index in [2.05, 4.69) is 62.8 Å². The van der Waals surface area contributed by atoms with Crippen LogP contribution in [-0.4, -0.2) is 28.5 Å². The van der Waals surface area contributed by atoms with Gasteiger partial charge in [-0.2, -0.15) is 0 Å². The molecule has 1 aliphatic rings. The molecule has 0 saturated carbocycles. The maximum atomic E-state index is 4.65. The van der Waals surface area contributed by atoms with Crippen molar-refractivity contribution in [3.63, 3.8) is 0 Å². The first-order valence-corrected chi connectivity index (χ1v) is 9.06. The summed E-state index contributed by atoms with van der Waals surface area (Å²) >= 11 is 0. The van der Waals surface area contributed by atoms with Crippen LogP contribution in [0.1, 0.15) is 77.5 Å². The van der Waals surface area contributed by atoms with Crippen molar-refractivity contribution in [1.29, 1.82) is 0 Å². The largest absolute Gasteiger partial charge is 0.298 e. The number of aromatic nitrogens is 1. The average molecular weight is 303 g/mol. The summed E-state index contributed by atoms with van der Waals surface area (Å²) in [6.07, 6.45) is 8.58. The highest BCUT2D eigenvalue weighted by molar-refractivity contribution is 5.17. The van der Waals surface area contributed by atoms with E-state index in [4.69, 9.17) is 0 Å². The van der Waals surface area contributed by atoms with Crippen molar-refractivity contribution in [3.8, 4) is 0 Å². The van der Waals surface area contributed by atoms with E-state index in [0.717, 1.165) is 12.3 Å². The van der Waals surface area contributed by atoms with Gasteiger partial charge in [0.2, 0.25) is 0 Å². The Kier molecular flexibility index (Phi) is 6.02. The molecular formula is C20H34N2. The predicted molar refractivity (Wildman–Crippen MR) is 95.3 cm³/mol. The van der Waals surface area contributed by atoms with Gasteiger partial charge in [-0.25, -0.2) is 0 Å². The van der Waals surface area contributed by atoms with Crippen molar-refractivity contribution in [2.45, 2.75) is 78.2 Å². The van der Waals surface area contributed by atoms with E-state index >= 15 is 0 Å². The van der Waals surface area contributed by atoms with Gasteiger partial charge in [-0.1, -0.05) is 19.9 Å². The zero-order valence-electron chi connectivity index (χ0n) is 15.2. The van der Waals surface area contributed by atoms with Gasteiger partial charge < -0.3 is 0 Å². The molecule has 2 heterocycles. The zero-order chi connectivity index (χ0) is 16.2. The van der Waals surface area contributed by atoms with Crippen LogP contribution in [-0.2, 0) is 6.42 Å². The third-order valence-electron chi connectivity index (χ3n) is 5.12. The Hall–Kier alpha value is -0.890. The highest BCUT2D eigenvalue weighted by atomic mass is 15.2. The molecule has 1 aromatic heterocycles. The van der Waals surface area contributed by atoms with Crippen molar-refractivity contribution < 1.29 is 0 Å². The Morgan fingerprint density at radius 1 is 1.18 bits per heavy atom. The fourth-order valence-electron chi connectivity index (χ4n) is 3.40. The molecule has 1 fully saturated rings. The quantitative estimate of drug-likeness (QED) is 0.774. The highest BCUT2D eigenvalue weighted by Gasteiger charge is 2.24. The van der Waals surface area contributed by atoms with Gasteiger partial charge in [-0.05, 0) is 89.4 Å². The smallest absolute Gasteiger partial charge is 0.0403 e. The van der Waals surface area contributed by atoms with Crippen molar-refractivity contribution in [2.24, 2.45) is 5.92 Å². The van der Waals surface area contributed by atoms with E-state index in [1.54, 1.807) is 0 Å². The van der Waals surface area contributed by atoms with Crippen LogP contribution in [0.2, 0.25) is 0 Å². The number of rotatable bonds is 4. The fraction of sp³-hybridized carbons (Fsp3) is 0.750.